The van der Waals surface area contributed by atoms with Crippen LogP contribution in [-0.4, -0.2) is 0 Å². The summed E-state index contributed by atoms with van der Waals surface area (Å²) in [5, 5.41) is 0. The summed E-state index contributed by atoms with van der Waals surface area (Å²) in [6.07, 6.45) is 8.74. The minimum atomic E-state index is -0.308. The molecule has 0 bridgehead atoms. The molecule has 0 aliphatic heterocycles. The molecule has 0 saturated heterocycles. The minimum absolute atomic E-state index is 0.308. The quantitative estimate of drug-likeness (QED) is 0.595. The van der Waals surface area contributed by atoms with Gasteiger partial charge in [-0.05, 0) is 42.4 Å². The molecular formula is C19H33NO. The molecule has 2 nitrogen and oxygen atoms in total. The lowest BCUT2D eigenvalue weighted by Gasteiger charge is -2.34. The van der Waals surface area contributed by atoms with Gasteiger partial charge in [-0.3, -0.25) is 4.84 Å². The lowest BCUT2D eigenvalue weighted by atomic mass is 9.79. The third kappa shape index (κ3) is 4.31. The van der Waals surface area contributed by atoms with Crippen LogP contribution in [0.3, 0.4) is 0 Å². The van der Waals surface area contributed by atoms with Crippen LogP contribution in [0, 0.1) is 0 Å². The summed E-state index contributed by atoms with van der Waals surface area (Å²) >= 11 is 0. The first-order valence-electron chi connectivity index (χ1n) is 8.68. The van der Waals surface area contributed by atoms with Crippen LogP contribution < -0.4 is 5.90 Å². The monoisotopic (exact) mass is 291 g/mol. The molecule has 1 aromatic rings. The molecule has 21 heavy (non-hydrogen) atoms. The highest BCUT2D eigenvalue weighted by Crippen LogP contribution is 2.38. The number of hydrogen-bond donors (Lipinski definition) is 1. The van der Waals surface area contributed by atoms with Gasteiger partial charge in [-0.2, -0.15) is 0 Å². The molecule has 0 saturated carbocycles. The number of nitrogens with two attached hydrogens (primary N) is 1. The molecule has 0 aliphatic rings. The summed E-state index contributed by atoms with van der Waals surface area (Å²) < 4.78 is 0. The maximum Gasteiger partial charge on any atom is 0.114 e. The van der Waals surface area contributed by atoms with Gasteiger partial charge in [0, 0.05) is 0 Å². The SMILES string of the molecule is CCCc1cccc(C(CCC)(CCC)ON)c1CCC. The molecule has 0 unspecified atom stereocenters. The fraction of sp³-hybridized carbons (Fsp3) is 0.684. The van der Waals surface area contributed by atoms with Crippen LogP contribution in [0.15, 0.2) is 18.2 Å². The number of aryl methyl sites for hydroxylation is 1. The zero-order valence-electron chi connectivity index (χ0n) is 14.4. The third-order valence-corrected chi connectivity index (χ3v) is 4.32. The van der Waals surface area contributed by atoms with E-state index in [2.05, 4.69) is 45.9 Å². The second-order valence-electron chi connectivity index (χ2n) is 6.06. The molecule has 0 heterocycles. The molecule has 1 rings (SSSR count). The van der Waals surface area contributed by atoms with Gasteiger partial charge in [0.25, 0.3) is 0 Å². The molecule has 1 aromatic carbocycles. The van der Waals surface area contributed by atoms with Gasteiger partial charge in [0.05, 0.1) is 0 Å². The van der Waals surface area contributed by atoms with Crippen LogP contribution in [0.2, 0.25) is 0 Å². The topological polar surface area (TPSA) is 35.2 Å². The second-order valence-corrected chi connectivity index (χ2v) is 6.06. The molecular weight excluding hydrogens is 258 g/mol. The van der Waals surface area contributed by atoms with E-state index in [1.807, 2.05) is 0 Å². The lowest BCUT2D eigenvalue weighted by molar-refractivity contribution is -0.0678. The highest BCUT2D eigenvalue weighted by molar-refractivity contribution is 5.39. The average molecular weight is 291 g/mol. The molecule has 0 radical (unpaired) electrons. The first kappa shape index (κ1) is 18.2. The van der Waals surface area contributed by atoms with Crippen molar-refractivity contribution in [2.45, 2.75) is 84.7 Å². The van der Waals surface area contributed by atoms with Crippen molar-refractivity contribution < 1.29 is 4.84 Å². The summed E-state index contributed by atoms with van der Waals surface area (Å²) in [7, 11) is 0. The second kappa shape index (κ2) is 9.22. The number of rotatable bonds is 10. The first-order chi connectivity index (χ1) is 10.2. The van der Waals surface area contributed by atoms with Gasteiger partial charge < -0.3 is 0 Å². The summed E-state index contributed by atoms with van der Waals surface area (Å²) in [4.78, 5) is 5.62. The van der Waals surface area contributed by atoms with Gasteiger partial charge in [0.2, 0.25) is 0 Å². The average Bonchev–Trinajstić information content (AvgIpc) is 2.49. The van der Waals surface area contributed by atoms with E-state index in [9.17, 15) is 0 Å². The Kier molecular flexibility index (Phi) is 7.98. The van der Waals surface area contributed by atoms with Gasteiger partial charge in [0.1, 0.15) is 5.60 Å². The van der Waals surface area contributed by atoms with Crippen LogP contribution in [0.25, 0.3) is 0 Å². The van der Waals surface area contributed by atoms with E-state index in [1.54, 1.807) is 0 Å². The minimum Gasteiger partial charge on any atom is -0.293 e. The van der Waals surface area contributed by atoms with Crippen LogP contribution in [0.1, 0.15) is 82.9 Å². The van der Waals surface area contributed by atoms with Crippen molar-refractivity contribution in [3.05, 3.63) is 34.9 Å². The Bertz CT molecular complexity index is 408. The Balaban J connectivity index is 3.37. The number of hydrogen-bond acceptors (Lipinski definition) is 2. The molecule has 0 spiro atoms. The highest BCUT2D eigenvalue weighted by Gasteiger charge is 2.33. The molecule has 0 aliphatic carbocycles. The van der Waals surface area contributed by atoms with Crippen molar-refractivity contribution >= 4 is 0 Å². The van der Waals surface area contributed by atoms with Crippen molar-refractivity contribution in [2.24, 2.45) is 5.90 Å². The molecule has 2 heteroatoms. The third-order valence-electron chi connectivity index (χ3n) is 4.32. The van der Waals surface area contributed by atoms with Crippen molar-refractivity contribution in [1.82, 2.24) is 0 Å². The van der Waals surface area contributed by atoms with Crippen LogP contribution in [0.4, 0.5) is 0 Å². The van der Waals surface area contributed by atoms with E-state index in [0.29, 0.717) is 0 Å². The Morgan fingerprint density at radius 3 is 2.00 bits per heavy atom. The smallest absolute Gasteiger partial charge is 0.114 e. The van der Waals surface area contributed by atoms with E-state index in [-0.39, 0.29) is 5.60 Å². The Labute approximate surface area is 131 Å². The van der Waals surface area contributed by atoms with E-state index in [1.165, 1.54) is 23.1 Å². The van der Waals surface area contributed by atoms with Gasteiger partial charge in [-0.25, -0.2) is 5.90 Å². The molecule has 0 atom stereocenters. The van der Waals surface area contributed by atoms with E-state index < -0.39 is 0 Å². The van der Waals surface area contributed by atoms with E-state index >= 15 is 0 Å². The van der Waals surface area contributed by atoms with Crippen LogP contribution in [-0.2, 0) is 23.3 Å². The fourth-order valence-electron chi connectivity index (χ4n) is 3.49. The van der Waals surface area contributed by atoms with Crippen LogP contribution >= 0.6 is 0 Å². The Hall–Kier alpha value is -0.860. The molecule has 0 fully saturated rings. The summed E-state index contributed by atoms with van der Waals surface area (Å²) in [6, 6.07) is 6.69. The molecule has 0 amide bonds. The van der Waals surface area contributed by atoms with Gasteiger partial charge in [0.15, 0.2) is 0 Å². The standard InChI is InChI=1S/C19H33NO/c1-5-10-16-12-9-13-18(17(16)11-6-2)19(21-20,14-7-3)15-8-4/h9,12-13H,5-8,10-11,14-15,20H2,1-4H3. The maximum atomic E-state index is 5.80. The molecule has 2 N–H and O–H groups in total. The summed E-state index contributed by atoms with van der Waals surface area (Å²) in [5.74, 6) is 5.80. The normalized spacial score (nSPS) is 11.9. The van der Waals surface area contributed by atoms with Crippen molar-refractivity contribution in [3.8, 4) is 0 Å². The first-order valence-corrected chi connectivity index (χ1v) is 8.68. The summed E-state index contributed by atoms with van der Waals surface area (Å²) in [5.41, 5.74) is 3.98. The van der Waals surface area contributed by atoms with Crippen molar-refractivity contribution in [1.29, 1.82) is 0 Å². The maximum absolute atomic E-state index is 5.80. The lowest BCUT2D eigenvalue weighted by Crippen LogP contribution is -2.34. The zero-order valence-corrected chi connectivity index (χ0v) is 14.4. The Morgan fingerprint density at radius 1 is 0.905 bits per heavy atom. The fourth-order valence-corrected chi connectivity index (χ4v) is 3.49. The van der Waals surface area contributed by atoms with Crippen molar-refractivity contribution in [3.63, 3.8) is 0 Å². The van der Waals surface area contributed by atoms with Gasteiger partial charge >= 0.3 is 0 Å². The Morgan fingerprint density at radius 2 is 1.52 bits per heavy atom. The summed E-state index contributed by atoms with van der Waals surface area (Å²) in [6.45, 7) is 8.90. The predicted octanol–water partition coefficient (Wildman–Crippen LogP) is 5.28. The molecule has 120 valence electrons. The highest BCUT2D eigenvalue weighted by atomic mass is 16.6. The largest absolute Gasteiger partial charge is 0.293 e. The van der Waals surface area contributed by atoms with Gasteiger partial charge in [-0.15, -0.1) is 0 Å². The van der Waals surface area contributed by atoms with E-state index in [4.69, 9.17) is 10.7 Å². The predicted molar refractivity (Wildman–Crippen MR) is 91.2 cm³/mol. The van der Waals surface area contributed by atoms with E-state index in [0.717, 1.165) is 44.9 Å². The zero-order chi connectivity index (χ0) is 15.7. The van der Waals surface area contributed by atoms with Crippen molar-refractivity contribution in [2.75, 3.05) is 0 Å². The number of benzene rings is 1. The molecule has 0 aromatic heterocycles. The van der Waals surface area contributed by atoms with Gasteiger partial charge in [-0.1, -0.05) is 71.6 Å². The van der Waals surface area contributed by atoms with Crippen LogP contribution in [0.5, 0.6) is 0 Å².